The highest BCUT2D eigenvalue weighted by molar-refractivity contribution is 6.04. The summed E-state index contributed by atoms with van der Waals surface area (Å²) in [6, 6.07) is 1.30. The summed E-state index contributed by atoms with van der Waals surface area (Å²) < 4.78 is 16.8. The number of primary amides is 1. The molecule has 0 saturated carbocycles. The fourth-order valence-electron chi connectivity index (χ4n) is 5.29. The van der Waals surface area contributed by atoms with E-state index in [-0.39, 0.29) is 35.5 Å². The number of aromatic hydroxyl groups is 2. The molecule has 0 spiro atoms. The molecule has 11 nitrogen and oxygen atoms in total. The van der Waals surface area contributed by atoms with Gasteiger partial charge in [-0.1, -0.05) is 32.1 Å². The summed E-state index contributed by atoms with van der Waals surface area (Å²) >= 11 is 0. The first-order chi connectivity index (χ1) is 19.8. The Morgan fingerprint density at radius 2 is 1.86 bits per heavy atom. The van der Waals surface area contributed by atoms with Gasteiger partial charge in [0.2, 0.25) is 0 Å². The van der Waals surface area contributed by atoms with Crippen LogP contribution in [-0.2, 0) is 25.4 Å². The molecule has 2 rings (SSSR count). The van der Waals surface area contributed by atoms with Crippen LogP contribution in [0.5, 0.6) is 11.5 Å². The molecular weight excluding hydrogens is 578 g/mol. The molecule has 6 atom stereocenters. The van der Waals surface area contributed by atoms with Crippen molar-refractivity contribution in [3.05, 3.63) is 47.6 Å². The van der Waals surface area contributed by atoms with E-state index in [2.05, 4.69) is 17.2 Å². The van der Waals surface area contributed by atoms with Crippen LogP contribution in [0.15, 0.2) is 42.0 Å². The number of benzene rings is 1. The Labute approximate surface area is 260 Å². The van der Waals surface area contributed by atoms with E-state index < -0.39 is 42.3 Å². The lowest BCUT2D eigenvalue weighted by Crippen LogP contribution is -2.37. The Morgan fingerprint density at radius 1 is 1.21 bits per heavy atom. The number of carbonyl (C=O) groups is 2. The van der Waals surface area contributed by atoms with Gasteiger partial charge in [-0.15, -0.1) is 19.0 Å². The molecule has 0 aliphatic carbocycles. The molecular formula is C31H48ClN3O8. The lowest BCUT2D eigenvalue weighted by molar-refractivity contribution is -0.112. The minimum atomic E-state index is -0.956. The fourth-order valence-corrected chi connectivity index (χ4v) is 5.29. The molecule has 0 fully saturated rings. The molecule has 242 valence electrons. The number of phenolic OH excluding ortho intramolecular Hbond substituents is 2. The van der Waals surface area contributed by atoms with Gasteiger partial charge >= 0.3 is 6.09 Å². The minimum absolute atomic E-state index is 0. The number of hydrogen-bond acceptors (Lipinski definition) is 9. The summed E-state index contributed by atoms with van der Waals surface area (Å²) in [7, 11) is 3.01. The van der Waals surface area contributed by atoms with Crippen LogP contribution in [0.1, 0.15) is 52.5 Å². The Morgan fingerprint density at radius 3 is 2.44 bits per heavy atom. The Bertz CT molecular complexity index is 1170. The molecule has 1 heterocycles. The van der Waals surface area contributed by atoms with Gasteiger partial charge in [0, 0.05) is 43.9 Å². The number of carbonyl (C=O) groups excluding carboxylic acids is 2. The Kier molecular flexibility index (Phi) is 15.6. The van der Waals surface area contributed by atoms with Crippen LogP contribution in [0.4, 0.5) is 16.2 Å². The summed E-state index contributed by atoms with van der Waals surface area (Å²) in [6.45, 7) is 11.2. The lowest BCUT2D eigenvalue weighted by atomic mass is 9.87. The van der Waals surface area contributed by atoms with Crippen molar-refractivity contribution in [1.82, 2.24) is 0 Å². The molecule has 7 N–H and O–H groups in total. The topological polar surface area (TPSA) is 173 Å². The average molecular weight is 626 g/mol. The molecule has 0 saturated heterocycles. The van der Waals surface area contributed by atoms with Crippen LogP contribution in [-0.4, -0.2) is 72.5 Å². The monoisotopic (exact) mass is 625 g/mol. The van der Waals surface area contributed by atoms with Crippen molar-refractivity contribution in [2.45, 2.75) is 77.8 Å². The first kappa shape index (κ1) is 37.8. The molecule has 0 aromatic heterocycles. The van der Waals surface area contributed by atoms with Crippen molar-refractivity contribution in [3.8, 4) is 11.5 Å². The number of phenols is 2. The van der Waals surface area contributed by atoms with E-state index in [1.54, 1.807) is 26.0 Å². The van der Waals surface area contributed by atoms with E-state index in [1.807, 2.05) is 19.9 Å². The summed E-state index contributed by atoms with van der Waals surface area (Å²) in [5, 5.41) is 39.1. The van der Waals surface area contributed by atoms with E-state index in [9.17, 15) is 24.9 Å². The molecule has 1 aliphatic rings. The summed E-state index contributed by atoms with van der Waals surface area (Å²) in [4.78, 5) is 24.8. The molecule has 1 aromatic rings. The quantitative estimate of drug-likeness (QED) is 0.147. The zero-order valence-electron chi connectivity index (χ0n) is 25.9. The molecule has 1 aliphatic heterocycles. The van der Waals surface area contributed by atoms with Gasteiger partial charge in [0.15, 0.2) is 6.10 Å². The predicted octanol–water partition coefficient (Wildman–Crippen LogP) is 4.80. The summed E-state index contributed by atoms with van der Waals surface area (Å²) in [5.41, 5.74) is 7.22. The maximum atomic E-state index is 13.0. The SMILES string of the molecule is C=CCNc1c(O)cc2c(O)c1C[C@@H](C)C[C@H](OC)[C@H](O)[C@@H](C)/C=C(\C)[C@H](OC(N)=O)[C@@H](OC)CC/C=C(\C)C(=O)N2.Cl. The van der Waals surface area contributed by atoms with Gasteiger partial charge < -0.3 is 45.9 Å². The van der Waals surface area contributed by atoms with E-state index in [0.29, 0.717) is 54.6 Å². The highest BCUT2D eigenvalue weighted by atomic mass is 35.5. The smallest absolute Gasteiger partial charge is 0.405 e. The fraction of sp³-hybridized carbons (Fsp3) is 0.548. The first-order valence-electron chi connectivity index (χ1n) is 14.1. The molecule has 0 radical (unpaired) electrons. The Balaban J connectivity index is 0.00000924. The van der Waals surface area contributed by atoms with Gasteiger partial charge in [0.25, 0.3) is 5.91 Å². The van der Waals surface area contributed by atoms with Crippen LogP contribution in [0.2, 0.25) is 0 Å². The second-order valence-corrected chi connectivity index (χ2v) is 10.9. The van der Waals surface area contributed by atoms with Crippen molar-refractivity contribution < 1.29 is 39.1 Å². The van der Waals surface area contributed by atoms with Crippen LogP contribution < -0.4 is 16.4 Å². The molecule has 12 heteroatoms. The summed E-state index contributed by atoms with van der Waals surface area (Å²) in [6.07, 6.45) is 2.82. The van der Waals surface area contributed by atoms with Crippen molar-refractivity contribution in [2.24, 2.45) is 17.6 Å². The van der Waals surface area contributed by atoms with Crippen LogP contribution in [0, 0.1) is 11.8 Å². The number of methoxy groups -OCH3 is 2. The standard InChI is InChI=1S/C31H47N3O8.ClH/c1-8-12-33-26-21-13-17(2)14-25(41-7)27(36)19(4)15-20(5)29(42-31(32)39)24(40-6)11-9-10-18(3)30(38)34-22(28(21)37)16-23(26)35;/h8,10,15-17,19,24-25,27,29,33,35-37H,1,9,11-14H2,2-7H3,(H2,32,39)(H,34,38);1H/b18-10+,20-15+;/t17-,19+,24+,25+,27-,29+;/m1./s1. The van der Waals surface area contributed by atoms with Crippen molar-refractivity contribution >= 4 is 35.8 Å². The van der Waals surface area contributed by atoms with Crippen molar-refractivity contribution in [1.29, 1.82) is 0 Å². The molecule has 2 amide bonds. The maximum absolute atomic E-state index is 13.0. The van der Waals surface area contributed by atoms with E-state index in [4.69, 9.17) is 19.9 Å². The number of nitrogens with two attached hydrogens (primary N) is 1. The number of rotatable bonds is 6. The van der Waals surface area contributed by atoms with Gasteiger partial charge in [0.05, 0.1) is 29.7 Å². The van der Waals surface area contributed by atoms with Crippen LogP contribution >= 0.6 is 12.4 Å². The van der Waals surface area contributed by atoms with Gasteiger partial charge in [0.1, 0.15) is 11.5 Å². The molecule has 2 bridgehead atoms. The van der Waals surface area contributed by atoms with E-state index >= 15 is 0 Å². The van der Waals surface area contributed by atoms with Crippen molar-refractivity contribution in [3.63, 3.8) is 0 Å². The maximum Gasteiger partial charge on any atom is 0.405 e. The second kappa shape index (κ2) is 17.8. The largest absolute Gasteiger partial charge is 0.506 e. The third kappa shape index (κ3) is 10.5. The van der Waals surface area contributed by atoms with Gasteiger partial charge in [-0.25, -0.2) is 4.79 Å². The zero-order valence-corrected chi connectivity index (χ0v) is 26.7. The van der Waals surface area contributed by atoms with Gasteiger partial charge in [-0.05, 0) is 51.0 Å². The Hall–Kier alpha value is -3.25. The number of allylic oxidation sites excluding steroid dienone is 1. The van der Waals surface area contributed by atoms with E-state index in [0.717, 1.165) is 0 Å². The second-order valence-electron chi connectivity index (χ2n) is 10.9. The number of aliphatic hydroxyl groups is 1. The molecule has 43 heavy (non-hydrogen) atoms. The van der Waals surface area contributed by atoms with Crippen LogP contribution in [0.3, 0.4) is 0 Å². The number of hydrogen-bond donors (Lipinski definition) is 6. The van der Waals surface area contributed by atoms with Crippen molar-refractivity contribution in [2.75, 3.05) is 31.4 Å². The number of amides is 2. The normalized spacial score (nSPS) is 28.2. The van der Waals surface area contributed by atoms with Crippen LogP contribution in [0.25, 0.3) is 0 Å². The highest BCUT2D eigenvalue weighted by Gasteiger charge is 2.30. The number of anilines is 2. The first-order valence-corrected chi connectivity index (χ1v) is 14.1. The molecule has 0 unspecified atom stereocenters. The minimum Gasteiger partial charge on any atom is -0.506 e. The highest BCUT2D eigenvalue weighted by Crippen LogP contribution is 2.42. The van der Waals surface area contributed by atoms with Gasteiger partial charge in [-0.2, -0.15) is 0 Å². The molecule has 1 aromatic carbocycles. The third-order valence-electron chi connectivity index (χ3n) is 7.58. The number of nitrogens with one attached hydrogen (secondary N) is 2. The zero-order chi connectivity index (χ0) is 31.6. The predicted molar refractivity (Wildman–Crippen MR) is 170 cm³/mol. The number of aliphatic hydroxyl groups excluding tert-OH is 1. The van der Waals surface area contributed by atoms with E-state index in [1.165, 1.54) is 20.3 Å². The third-order valence-corrected chi connectivity index (χ3v) is 7.58. The number of fused-ring (bicyclic) bond motifs is 2. The van der Waals surface area contributed by atoms with Gasteiger partial charge in [-0.3, -0.25) is 4.79 Å². The number of halogens is 1. The lowest BCUT2D eigenvalue weighted by Gasteiger charge is -2.30. The summed E-state index contributed by atoms with van der Waals surface area (Å²) in [5.74, 6) is -1.29. The average Bonchev–Trinajstić information content (AvgIpc) is 2.94. The number of ether oxygens (including phenoxy) is 3.